The summed E-state index contributed by atoms with van der Waals surface area (Å²) in [6.45, 7) is 0.495. The number of hydrogen-bond acceptors (Lipinski definition) is 6. The van der Waals surface area contributed by atoms with Crippen molar-refractivity contribution in [3.63, 3.8) is 0 Å². The summed E-state index contributed by atoms with van der Waals surface area (Å²) >= 11 is 0. The first kappa shape index (κ1) is 16.6. The molecular weight excluding hydrogens is 318 g/mol. The standard InChI is InChI=1S/C18H19N5O2/c1-23-12-20-18(22-17(23)14-5-3-9-19-11-14)21-15-6-2-4-13(10-15)7-8-16(24)25/h2-6,9-11H,7-8,12H2,1H3,(H,20,21)(H,24,25). The summed E-state index contributed by atoms with van der Waals surface area (Å²) < 4.78 is 0. The molecule has 0 saturated carbocycles. The molecule has 2 N–H and O–H groups in total. The highest BCUT2D eigenvalue weighted by molar-refractivity contribution is 6.10. The Kier molecular flexibility index (Phi) is 5.03. The molecule has 0 aliphatic carbocycles. The molecular formula is C18H19N5O2. The minimum atomic E-state index is -0.802. The van der Waals surface area contributed by atoms with Crippen molar-refractivity contribution >= 4 is 23.5 Å². The fourth-order valence-electron chi connectivity index (χ4n) is 2.49. The van der Waals surface area contributed by atoms with Crippen molar-refractivity contribution in [2.24, 2.45) is 9.98 Å². The molecule has 7 nitrogen and oxygen atoms in total. The predicted molar refractivity (Wildman–Crippen MR) is 96.9 cm³/mol. The van der Waals surface area contributed by atoms with Crippen LogP contribution in [0.25, 0.3) is 0 Å². The van der Waals surface area contributed by atoms with Gasteiger partial charge in [-0.2, -0.15) is 4.99 Å². The van der Waals surface area contributed by atoms with Gasteiger partial charge in [0.15, 0.2) is 0 Å². The minimum absolute atomic E-state index is 0.110. The second-order valence-electron chi connectivity index (χ2n) is 5.72. The van der Waals surface area contributed by atoms with Crippen molar-refractivity contribution < 1.29 is 9.90 Å². The molecule has 0 bridgehead atoms. The van der Waals surface area contributed by atoms with E-state index in [1.807, 2.05) is 48.3 Å². The first-order valence-corrected chi connectivity index (χ1v) is 7.94. The Hall–Kier alpha value is -3.22. The molecule has 128 valence electrons. The summed E-state index contributed by atoms with van der Waals surface area (Å²) in [6.07, 6.45) is 4.09. The first-order valence-electron chi connectivity index (χ1n) is 7.94. The van der Waals surface area contributed by atoms with Crippen molar-refractivity contribution in [2.75, 3.05) is 19.0 Å². The van der Waals surface area contributed by atoms with Crippen molar-refractivity contribution in [3.8, 4) is 0 Å². The zero-order chi connectivity index (χ0) is 17.6. The molecule has 2 aromatic rings. The number of hydrogen-bond donors (Lipinski definition) is 2. The number of rotatable bonds is 5. The van der Waals surface area contributed by atoms with E-state index in [-0.39, 0.29) is 6.42 Å². The maximum absolute atomic E-state index is 10.7. The molecule has 0 amide bonds. The van der Waals surface area contributed by atoms with Gasteiger partial charge in [0.2, 0.25) is 5.96 Å². The van der Waals surface area contributed by atoms with Crippen LogP contribution in [-0.4, -0.2) is 46.5 Å². The highest BCUT2D eigenvalue weighted by Crippen LogP contribution is 2.14. The van der Waals surface area contributed by atoms with E-state index in [0.717, 1.165) is 22.6 Å². The van der Waals surface area contributed by atoms with Crippen LogP contribution in [-0.2, 0) is 11.2 Å². The van der Waals surface area contributed by atoms with Crippen LogP contribution in [0.2, 0.25) is 0 Å². The molecule has 1 aliphatic rings. The SMILES string of the molecule is CN1CN=C(Nc2cccc(CCC(=O)O)c2)N=C1c1cccnc1. The molecule has 0 radical (unpaired) electrons. The predicted octanol–water partition coefficient (Wildman–Crippen LogP) is 2.22. The number of nitrogens with zero attached hydrogens (tertiary/aromatic N) is 4. The van der Waals surface area contributed by atoms with Gasteiger partial charge in [0.1, 0.15) is 12.5 Å². The lowest BCUT2D eigenvalue weighted by molar-refractivity contribution is -0.136. The highest BCUT2D eigenvalue weighted by atomic mass is 16.4. The van der Waals surface area contributed by atoms with E-state index in [1.165, 1.54) is 0 Å². The Labute approximate surface area is 145 Å². The fourth-order valence-corrected chi connectivity index (χ4v) is 2.49. The van der Waals surface area contributed by atoms with Crippen LogP contribution in [0.3, 0.4) is 0 Å². The summed E-state index contributed by atoms with van der Waals surface area (Å²) in [5, 5.41) is 12.0. The smallest absolute Gasteiger partial charge is 0.303 e. The number of aromatic nitrogens is 1. The normalized spacial score (nSPS) is 13.9. The van der Waals surface area contributed by atoms with E-state index in [1.54, 1.807) is 12.4 Å². The maximum Gasteiger partial charge on any atom is 0.303 e. The van der Waals surface area contributed by atoms with Crippen molar-refractivity contribution in [1.29, 1.82) is 0 Å². The van der Waals surface area contributed by atoms with Gasteiger partial charge >= 0.3 is 5.97 Å². The third-order valence-electron chi connectivity index (χ3n) is 3.74. The molecule has 25 heavy (non-hydrogen) atoms. The molecule has 0 unspecified atom stereocenters. The minimum Gasteiger partial charge on any atom is -0.481 e. The lowest BCUT2D eigenvalue weighted by atomic mass is 10.1. The molecule has 1 aliphatic heterocycles. The average molecular weight is 337 g/mol. The van der Waals surface area contributed by atoms with E-state index in [2.05, 4.69) is 20.3 Å². The van der Waals surface area contributed by atoms with Gasteiger partial charge in [-0.15, -0.1) is 0 Å². The number of carboxylic acid groups (broad SMARTS) is 1. The van der Waals surface area contributed by atoms with Crippen LogP contribution in [0.4, 0.5) is 5.69 Å². The Morgan fingerprint density at radius 2 is 2.20 bits per heavy atom. The number of carbonyl (C=O) groups is 1. The van der Waals surface area contributed by atoms with Gasteiger partial charge in [0.25, 0.3) is 0 Å². The molecule has 0 fully saturated rings. The van der Waals surface area contributed by atoms with Crippen LogP contribution < -0.4 is 5.32 Å². The maximum atomic E-state index is 10.7. The van der Waals surface area contributed by atoms with E-state index >= 15 is 0 Å². The topological polar surface area (TPSA) is 90.2 Å². The monoisotopic (exact) mass is 337 g/mol. The van der Waals surface area contributed by atoms with Gasteiger partial charge in [0, 0.05) is 37.1 Å². The van der Waals surface area contributed by atoms with E-state index in [9.17, 15) is 4.79 Å². The average Bonchev–Trinajstić information content (AvgIpc) is 2.63. The summed E-state index contributed by atoms with van der Waals surface area (Å²) in [4.78, 5) is 25.8. The third-order valence-corrected chi connectivity index (χ3v) is 3.74. The fraction of sp³-hybridized carbons (Fsp3) is 0.222. The third kappa shape index (κ3) is 4.41. The second kappa shape index (κ2) is 7.57. The molecule has 0 atom stereocenters. The quantitative estimate of drug-likeness (QED) is 0.873. The van der Waals surface area contributed by atoms with Crippen molar-refractivity contribution in [3.05, 3.63) is 59.9 Å². The second-order valence-corrected chi connectivity index (χ2v) is 5.72. The number of carboxylic acids is 1. The van der Waals surface area contributed by atoms with Gasteiger partial charge in [-0.1, -0.05) is 12.1 Å². The van der Waals surface area contributed by atoms with Crippen LogP contribution >= 0.6 is 0 Å². The Balaban J connectivity index is 1.75. The van der Waals surface area contributed by atoms with E-state index in [0.29, 0.717) is 19.0 Å². The lowest BCUT2D eigenvalue weighted by Crippen LogP contribution is -2.34. The molecule has 0 spiro atoms. The molecule has 0 saturated heterocycles. The Bertz CT molecular complexity index is 817. The van der Waals surface area contributed by atoms with Crippen LogP contribution in [0.5, 0.6) is 0 Å². The van der Waals surface area contributed by atoms with Crippen molar-refractivity contribution in [2.45, 2.75) is 12.8 Å². The van der Waals surface area contributed by atoms with Gasteiger partial charge in [-0.25, -0.2) is 4.99 Å². The van der Waals surface area contributed by atoms with Crippen LogP contribution in [0, 0.1) is 0 Å². The Morgan fingerprint density at radius 1 is 1.32 bits per heavy atom. The van der Waals surface area contributed by atoms with Crippen molar-refractivity contribution in [1.82, 2.24) is 9.88 Å². The summed E-state index contributed by atoms with van der Waals surface area (Å²) in [6, 6.07) is 11.5. The molecule has 2 heterocycles. The number of nitrogens with one attached hydrogen (secondary N) is 1. The number of amidine groups is 1. The number of aliphatic carboxylic acids is 1. The molecule has 7 heteroatoms. The number of benzene rings is 1. The highest BCUT2D eigenvalue weighted by Gasteiger charge is 2.15. The number of anilines is 1. The number of aliphatic imine (C=N–C) groups is 2. The van der Waals surface area contributed by atoms with E-state index in [4.69, 9.17) is 5.11 Å². The van der Waals surface area contributed by atoms with E-state index < -0.39 is 5.97 Å². The van der Waals surface area contributed by atoms with Gasteiger partial charge in [-0.3, -0.25) is 9.78 Å². The van der Waals surface area contributed by atoms with Crippen LogP contribution in [0.1, 0.15) is 17.5 Å². The molecule has 1 aromatic heterocycles. The Morgan fingerprint density at radius 3 is 2.96 bits per heavy atom. The lowest BCUT2D eigenvalue weighted by Gasteiger charge is -2.24. The van der Waals surface area contributed by atoms with Crippen LogP contribution in [0.15, 0.2) is 58.8 Å². The van der Waals surface area contributed by atoms with Gasteiger partial charge < -0.3 is 15.3 Å². The van der Waals surface area contributed by atoms with Gasteiger partial charge in [0.05, 0.1) is 0 Å². The summed E-state index contributed by atoms with van der Waals surface area (Å²) in [5.74, 6) is 0.517. The largest absolute Gasteiger partial charge is 0.481 e. The number of guanidine groups is 1. The first-order chi connectivity index (χ1) is 12.1. The summed E-state index contributed by atoms with van der Waals surface area (Å²) in [7, 11) is 1.93. The number of aryl methyl sites for hydroxylation is 1. The zero-order valence-electron chi connectivity index (χ0n) is 13.9. The summed E-state index contributed by atoms with van der Waals surface area (Å²) in [5.41, 5.74) is 2.72. The molecule has 3 rings (SSSR count). The zero-order valence-corrected chi connectivity index (χ0v) is 13.9. The molecule has 1 aromatic carbocycles. The van der Waals surface area contributed by atoms with Gasteiger partial charge in [-0.05, 0) is 36.2 Å². The number of pyridine rings is 1.